The number of morpholine rings is 1. The molecule has 1 aromatic carbocycles. The number of halogens is 1. The number of carbonyl (C=O) groups excluding carboxylic acids is 1. The molecule has 1 fully saturated rings. The molecule has 1 aliphatic heterocycles. The number of hydrogen-bond acceptors (Lipinski definition) is 5. The van der Waals surface area contributed by atoms with Gasteiger partial charge in [-0.2, -0.15) is 0 Å². The standard InChI is InChI=1S/C21H20FN3O3/c1-2-27-20-17(4-3-7-23-20)21(26)25-8-9-28-19(13-25)18-11-15-10-16(22)6-5-14(15)12-24-18/h3-7,10-12,19H,2,8-9,13H2,1H3. The van der Waals surface area contributed by atoms with Gasteiger partial charge in [0.1, 0.15) is 17.5 Å². The van der Waals surface area contributed by atoms with Gasteiger partial charge in [-0.1, -0.05) is 0 Å². The zero-order valence-corrected chi connectivity index (χ0v) is 15.5. The Morgan fingerprint density at radius 3 is 3.04 bits per heavy atom. The first kappa shape index (κ1) is 18.3. The molecule has 28 heavy (non-hydrogen) atoms. The Kier molecular flexibility index (Phi) is 5.16. The lowest BCUT2D eigenvalue weighted by molar-refractivity contribution is -0.0247. The van der Waals surface area contributed by atoms with Gasteiger partial charge in [-0.25, -0.2) is 9.37 Å². The number of benzene rings is 1. The molecule has 3 aromatic rings. The molecule has 0 N–H and O–H groups in total. The number of pyridine rings is 2. The summed E-state index contributed by atoms with van der Waals surface area (Å²) >= 11 is 0. The quantitative estimate of drug-likeness (QED) is 0.693. The molecule has 0 radical (unpaired) electrons. The lowest BCUT2D eigenvalue weighted by Crippen LogP contribution is -2.42. The Balaban J connectivity index is 1.57. The van der Waals surface area contributed by atoms with Gasteiger partial charge in [0, 0.05) is 24.3 Å². The topological polar surface area (TPSA) is 64.5 Å². The van der Waals surface area contributed by atoms with Crippen molar-refractivity contribution in [2.24, 2.45) is 0 Å². The minimum atomic E-state index is -0.377. The second-order valence-electron chi connectivity index (χ2n) is 6.50. The van der Waals surface area contributed by atoms with Crippen molar-refractivity contribution in [3.05, 3.63) is 65.9 Å². The first-order valence-electron chi connectivity index (χ1n) is 9.19. The zero-order chi connectivity index (χ0) is 19.5. The van der Waals surface area contributed by atoms with E-state index in [1.54, 1.807) is 35.5 Å². The first-order valence-corrected chi connectivity index (χ1v) is 9.19. The lowest BCUT2D eigenvalue weighted by Gasteiger charge is -2.33. The maximum atomic E-state index is 13.5. The summed E-state index contributed by atoms with van der Waals surface area (Å²) in [7, 11) is 0. The van der Waals surface area contributed by atoms with Gasteiger partial charge in [-0.3, -0.25) is 9.78 Å². The molecule has 0 bridgehead atoms. The van der Waals surface area contributed by atoms with Gasteiger partial charge in [0.15, 0.2) is 0 Å². The number of aromatic nitrogens is 2. The van der Waals surface area contributed by atoms with Gasteiger partial charge >= 0.3 is 0 Å². The predicted molar refractivity (Wildman–Crippen MR) is 102 cm³/mol. The molecule has 1 unspecified atom stereocenters. The Bertz CT molecular complexity index is 1010. The second kappa shape index (κ2) is 7.90. The van der Waals surface area contributed by atoms with Gasteiger partial charge < -0.3 is 14.4 Å². The van der Waals surface area contributed by atoms with Gasteiger partial charge in [0.2, 0.25) is 5.88 Å². The van der Waals surface area contributed by atoms with Crippen LogP contribution in [0.25, 0.3) is 10.8 Å². The summed E-state index contributed by atoms with van der Waals surface area (Å²) in [6.07, 6.45) is 2.92. The molecule has 7 heteroatoms. The third-order valence-corrected chi connectivity index (χ3v) is 4.67. The molecule has 1 aliphatic rings. The fraction of sp³-hybridized carbons (Fsp3) is 0.286. The lowest BCUT2D eigenvalue weighted by atomic mass is 10.1. The number of nitrogens with zero attached hydrogens (tertiary/aromatic N) is 3. The molecule has 2 aromatic heterocycles. The number of amides is 1. The number of hydrogen-bond donors (Lipinski definition) is 0. The summed E-state index contributed by atoms with van der Waals surface area (Å²) in [5.41, 5.74) is 1.10. The average Bonchev–Trinajstić information content (AvgIpc) is 2.73. The molecule has 4 rings (SSSR count). The van der Waals surface area contributed by atoms with Crippen molar-refractivity contribution >= 4 is 16.7 Å². The van der Waals surface area contributed by atoms with Crippen LogP contribution in [0.1, 0.15) is 29.1 Å². The minimum absolute atomic E-state index is 0.156. The summed E-state index contributed by atoms with van der Waals surface area (Å²) < 4.78 is 24.9. The summed E-state index contributed by atoms with van der Waals surface area (Å²) in [6.45, 7) is 3.50. The molecule has 3 heterocycles. The number of ether oxygens (including phenoxy) is 2. The maximum absolute atomic E-state index is 13.5. The normalized spacial score (nSPS) is 16.9. The van der Waals surface area contributed by atoms with Crippen LogP contribution in [-0.4, -0.2) is 47.1 Å². The Morgan fingerprint density at radius 2 is 2.18 bits per heavy atom. The van der Waals surface area contributed by atoms with Gasteiger partial charge in [0.05, 0.1) is 25.5 Å². The summed E-state index contributed by atoms with van der Waals surface area (Å²) in [5, 5.41) is 1.61. The van der Waals surface area contributed by atoms with Crippen LogP contribution in [0.2, 0.25) is 0 Å². The highest BCUT2D eigenvalue weighted by atomic mass is 19.1. The van der Waals surface area contributed by atoms with E-state index in [1.807, 2.05) is 13.0 Å². The van der Waals surface area contributed by atoms with E-state index in [-0.39, 0.29) is 17.8 Å². The van der Waals surface area contributed by atoms with Gasteiger partial charge in [0.25, 0.3) is 5.91 Å². The predicted octanol–water partition coefficient (Wildman–Crippen LogP) is 3.38. The van der Waals surface area contributed by atoms with E-state index >= 15 is 0 Å². The van der Waals surface area contributed by atoms with E-state index in [4.69, 9.17) is 9.47 Å². The van der Waals surface area contributed by atoms with Crippen molar-refractivity contribution in [2.45, 2.75) is 13.0 Å². The molecule has 144 valence electrons. The Hall–Kier alpha value is -3.06. The molecule has 0 aliphatic carbocycles. The maximum Gasteiger partial charge on any atom is 0.259 e. The molecule has 6 nitrogen and oxygen atoms in total. The van der Waals surface area contributed by atoms with Crippen molar-refractivity contribution < 1.29 is 18.7 Å². The molecule has 1 saturated heterocycles. The monoisotopic (exact) mass is 381 g/mol. The minimum Gasteiger partial charge on any atom is -0.477 e. The van der Waals surface area contributed by atoms with Crippen LogP contribution in [0.5, 0.6) is 5.88 Å². The van der Waals surface area contributed by atoms with Crippen LogP contribution in [-0.2, 0) is 4.74 Å². The fourth-order valence-electron chi connectivity index (χ4n) is 3.29. The summed E-state index contributed by atoms with van der Waals surface area (Å²) in [5.74, 6) is -0.125. The van der Waals surface area contributed by atoms with E-state index in [0.29, 0.717) is 43.4 Å². The third kappa shape index (κ3) is 3.66. The van der Waals surface area contributed by atoms with Crippen LogP contribution >= 0.6 is 0 Å². The van der Waals surface area contributed by atoms with Gasteiger partial charge in [-0.05, 0) is 48.7 Å². The highest BCUT2D eigenvalue weighted by Gasteiger charge is 2.28. The van der Waals surface area contributed by atoms with Crippen LogP contribution in [0.15, 0.2) is 48.8 Å². The molecule has 0 saturated carbocycles. The average molecular weight is 381 g/mol. The Labute approximate surface area is 161 Å². The van der Waals surface area contributed by atoms with Crippen molar-refractivity contribution in [2.75, 3.05) is 26.3 Å². The first-order chi connectivity index (χ1) is 13.7. The fourth-order valence-corrected chi connectivity index (χ4v) is 3.29. The number of rotatable bonds is 4. The van der Waals surface area contributed by atoms with Crippen LogP contribution in [0.3, 0.4) is 0 Å². The zero-order valence-electron chi connectivity index (χ0n) is 15.5. The highest BCUT2D eigenvalue weighted by molar-refractivity contribution is 5.96. The smallest absolute Gasteiger partial charge is 0.259 e. The highest BCUT2D eigenvalue weighted by Crippen LogP contribution is 2.26. The van der Waals surface area contributed by atoms with Crippen molar-refractivity contribution in [3.63, 3.8) is 0 Å². The number of fused-ring (bicyclic) bond motifs is 1. The van der Waals surface area contributed by atoms with E-state index in [0.717, 1.165) is 10.8 Å². The summed E-state index contributed by atoms with van der Waals surface area (Å²) in [4.78, 5) is 23.3. The number of carbonyl (C=O) groups is 1. The second-order valence-corrected chi connectivity index (χ2v) is 6.50. The van der Waals surface area contributed by atoms with Crippen LogP contribution in [0, 0.1) is 5.82 Å². The van der Waals surface area contributed by atoms with Crippen LogP contribution in [0.4, 0.5) is 4.39 Å². The van der Waals surface area contributed by atoms with E-state index in [9.17, 15) is 9.18 Å². The van der Waals surface area contributed by atoms with Crippen LogP contribution < -0.4 is 4.74 Å². The molecule has 1 amide bonds. The molecule has 1 atom stereocenters. The SMILES string of the molecule is CCOc1ncccc1C(=O)N1CCOC(c2cc3cc(F)ccc3cn2)C1. The largest absolute Gasteiger partial charge is 0.477 e. The van der Waals surface area contributed by atoms with E-state index in [1.165, 1.54) is 12.1 Å². The van der Waals surface area contributed by atoms with Crippen molar-refractivity contribution in [1.29, 1.82) is 0 Å². The molecular formula is C21H20FN3O3. The van der Waals surface area contributed by atoms with E-state index in [2.05, 4.69) is 9.97 Å². The van der Waals surface area contributed by atoms with Crippen molar-refractivity contribution in [3.8, 4) is 5.88 Å². The Morgan fingerprint density at radius 1 is 1.29 bits per heavy atom. The summed E-state index contributed by atoms with van der Waals surface area (Å²) in [6, 6.07) is 9.81. The molecule has 0 spiro atoms. The molecular weight excluding hydrogens is 361 g/mol. The van der Waals surface area contributed by atoms with E-state index < -0.39 is 0 Å². The van der Waals surface area contributed by atoms with Crippen molar-refractivity contribution in [1.82, 2.24) is 14.9 Å². The van der Waals surface area contributed by atoms with Gasteiger partial charge in [-0.15, -0.1) is 0 Å². The third-order valence-electron chi connectivity index (χ3n) is 4.67.